The van der Waals surface area contributed by atoms with E-state index in [0.717, 1.165) is 12.8 Å². The largest absolute Gasteiger partial charge is 0.335 e. The average molecular weight is 368 g/mol. The second-order valence-corrected chi connectivity index (χ2v) is 7.32. The molecule has 0 spiro atoms. The number of carbonyl (C=O) groups is 2. The van der Waals surface area contributed by atoms with Gasteiger partial charge in [-0.2, -0.15) is 0 Å². The summed E-state index contributed by atoms with van der Waals surface area (Å²) in [4.78, 5) is 37.5. The molecule has 0 N–H and O–H groups in total. The molecule has 6 nitrogen and oxygen atoms in total. The summed E-state index contributed by atoms with van der Waals surface area (Å²) in [7, 11) is 0. The van der Waals surface area contributed by atoms with Crippen molar-refractivity contribution in [2.75, 3.05) is 19.6 Å². The number of hydrogen-bond donors (Lipinski definition) is 0. The molecular weight excluding hydrogens is 347 g/mol. The Bertz CT molecular complexity index is 874. The van der Waals surface area contributed by atoms with Crippen molar-refractivity contribution < 1.29 is 14.0 Å². The molecule has 2 amide bonds. The highest BCUT2D eigenvalue weighted by molar-refractivity contribution is 5.95. The van der Waals surface area contributed by atoms with Crippen LogP contribution in [-0.2, 0) is 0 Å². The maximum atomic E-state index is 13.5. The van der Waals surface area contributed by atoms with Crippen molar-refractivity contribution in [2.24, 2.45) is 5.92 Å². The number of aromatic nitrogens is 2. The van der Waals surface area contributed by atoms with Crippen molar-refractivity contribution in [3.63, 3.8) is 0 Å². The Morgan fingerprint density at radius 2 is 1.96 bits per heavy atom. The van der Waals surface area contributed by atoms with Crippen LogP contribution in [0.25, 0.3) is 0 Å². The third-order valence-electron chi connectivity index (χ3n) is 5.45. The smallest absolute Gasteiger partial charge is 0.274 e. The number of rotatable bonds is 2. The highest BCUT2D eigenvalue weighted by Gasteiger charge is 2.39. The van der Waals surface area contributed by atoms with Crippen molar-refractivity contribution in [3.05, 3.63) is 59.4 Å². The molecule has 2 bridgehead atoms. The standard InChI is InChI=1S/C20H21FN4O2/c1-13-8-15(3-5-17(13)21)19(26)25-11-14-2-4-16(25)12-24(10-14)20(27)18-9-22-6-7-23-18/h3,5-9,14,16H,2,4,10-12H2,1H3/t14-,16+/m0/s1. The van der Waals surface area contributed by atoms with Crippen LogP contribution in [0.2, 0.25) is 0 Å². The number of amides is 2. The SMILES string of the molecule is Cc1cc(C(=O)N2C[C@H]3CC[C@@H]2CN(C(=O)c2cnccn2)C3)ccc1F. The second-order valence-electron chi connectivity index (χ2n) is 7.32. The van der Waals surface area contributed by atoms with E-state index in [2.05, 4.69) is 9.97 Å². The van der Waals surface area contributed by atoms with Crippen LogP contribution >= 0.6 is 0 Å². The first-order valence-corrected chi connectivity index (χ1v) is 9.15. The van der Waals surface area contributed by atoms with Crippen LogP contribution in [-0.4, -0.2) is 57.3 Å². The zero-order valence-corrected chi connectivity index (χ0v) is 15.1. The molecule has 1 aromatic heterocycles. The Hall–Kier alpha value is -2.83. The van der Waals surface area contributed by atoms with Crippen molar-refractivity contribution in [1.82, 2.24) is 19.8 Å². The van der Waals surface area contributed by atoms with Crippen molar-refractivity contribution in [1.29, 1.82) is 0 Å². The number of piperidine rings is 1. The van der Waals surface area contributed by atoms with Crippen LogP contribution < -0.4 is 0 Å². The van der Waals surface area contributed by atoms with E-state index in [-0.39, 0.29) is 29.6 Å². The molecule has 3 saturated heterocycles. The quantitative estimate of drug-likeness (QED) is 0.816. The molecule has 0 unspecified atom stereocenters. The van der Waals surface area contributed by atoms with Gasteiger partial charge in [-0.3, -0.25) is 14.6 Å². The Labute approximate surface area is 157 Å². The van der Waals surface area contributed by atoms with Crippen molar-refractivity contribution in [2.45, 2.75) is 25.8 Å². The van der Waals surface area contributed by atoms with Gasteiger partial charge in [0.2, 0.25) is 0 Å². The van der Waals surface area contributed by atoms with Gasteiger partial charge in [-0.25, -0.2) is 9.37 Å². The number of benzene rings is 1. The Morgan fingerprint density at radius 1 is 1.11 bits per heavy atom. The van der Waals surface area contributed by atoms with Gasteiger partial charge in [0.25, 0.3) is 11.8 Å². The Morgan fingerprint density at radius 3 is 2.70 bits per heavy atom. The molecule has 2 atom stereocenters. The zero-order valence-electron chi connectivity index (χ0n) is 15.1. The van der Waals surface area contributed by atoms with E-state index < -0.39 is 0 Å². The Kier molecular flexibility index (Phi) is 4.59. The van der Waals surface area contributed by atoms with E-state index in [4.69, 9.17) is 0 Å². The van der Waals surface area contributed by atoms with Gasteiger partial charge in [0.05, 0.1) is 6.20 Å². The van der Waals surface area contributed by atoms with Gasteiger partial charge in [-0.15, -0.1) is 0 Å². The predicted octanol–water partition coefficient (Wildman–Crippen LogP) is 2.30. The van der Waals surface area contributed by atoms with Crippen LogP contribution in [0.3, 0.4) is 0 Å². The van der Waals surface area contributed by atoms with E-state index >= 15 is 0 Å². The highest BCUT2D eigenvalue weighted by Crippen LogP contribution is 2.30. The lowest BCUT2D eigenvalue weighted by molar-refractivity contribution is 0.0573. The number of aryl methyl sites for hydroxylation is 1. The molecule has 0 radical (unpaired) electrons. The summed E-state index contributed by atoms with van der Waals surface area (Å²) in [6, 6.07) is 4.43. The molecule has 140 valence electrons. The second kappa shape index (κ2) is 7.06. The Balaban J connectivity index is 1.55. The summed E-state index contributed by atoms with van der Waals surface area (Å²) in [5, 5.41) is 0. The summed E-state index contributed by atoms with van der Waals surface area (Å²) in [6.07, 6.45) is 6.36. The highest BCUT2D eigenvalue weighted by atomic mass is 19.1. The third kappa shape index (κ3) is 3.41. The minimum Gasteiger partial charge on any atom is -0.335 e. The van der Waals surface area contributed by atoms with Gasteiger partial charge in [0, 0.05) is 43.6 Å². The van der Waals surface area contributed by atoms with Crippen LogP contribution in [0, 0.1) is 18.7 Å². The van der Waals surface area contributed by atoms with Crippen molar-refractivity contribution in [3.8, 4) is 0 Å². The first-order chi connectivity index (χ1) is 13.0. The van der Waals surface area contributed by atoms with E-state index in [0.29, 0.717) is 36.5 Å². The molecule has 0 aliphatic carbocycles. The average Bonchev–Trinajstić information content (AvgIpc) is 3.01. The molecule has 27 heavy (non-hydrogen) atoms. The van der Waals surface area contributed by atoms with Gasteiger partial charge in [-0.05, 0) is 49.4 Å². The molecule has 3 aliphatic heterocycles. The number of nitrogens with zero attached hydrogens (tertiary/aromatic N) is 4. The normalized spacial score (nSPS) is 21.9. The summed E-state index contributed by atoms with van der Waals surface area (Å²) < 4.78 is 13.5. The van der Waals surface area contributed by atoms with Gasteiger partial charge in [-0.1, -0.05) is 0 Å². The van der Waals surface area contributed by atoms with Gasteiger partial charge < -0.3 is 9.80 Å². The maximum absolute atomic E-state index is 13.5. The summed E-state index contributed by atoms with van der Waals surface area (Å²) >= 11 is 0. The van der Waals surface area contributed by atoms with Gasteiger partial charge >= 0.3 is 0 Å². The lowest BCUT2D eigenvalue weighted by Crippen LogP contribution is -2.47. The van der Waals surface area contributed by atoms with Crippen LogP contribution in [0.1, 0.15) is 39.3 Å². The lowest BCUT2D eigenvalue weighted by atomic mass is 9.94. The van der Waals surface area contributed by atoms with Crippen LogP contribution in [0.4, 0.5) is 4.39 Å². The van der Waals surface area contributed by atoms with Gasteiger partial charge in [0.15, 0.2) is 0 Å². The monoisotopic (exact) mass is 368 g/mol. The molecule has 0 saturated carbocycles. The van der Waals surface area contributed by atoms with E-state index in [1.165, 1.54) is 30.7 Å². The molecular formula is C20H21FN4O2. The van der Waals surface area contributed by atoms with E-state index in [1.54, 1.807) is 17.9 Å². The number of carbonyl (C=O) groups excluding carboxylic acids is 2. The van der Waals surface area contributed by atoms with Crippen molar-refractivity contribution >= 4 is 11.8 Å². The minimum atomic E-state index is -0.315. The molecule has 4 heterocycles. The first kappa shape index (κ1) is 17.6. The molecule has 2 aromatic rings. The lowest BCUT2D eigenvalue weighted by Gasteiger charge is -2.36. The summed E-state index contributed by atoms with van der Waals surface area (Å²) in [5.74, 6) is -0.326. The molecule has 1 aromatic carbocycles. The maximum Gasteiger partial charge on any atom is 0.274 e. The zero-order chi connectivity index (χ0) is 19.0. The van der Waals surface area contributed by atoms with E-state index in [1.807, 2.05) is 4.90 Å². The third-order valence-corrected chi connectivity index (χ3v) is 5.45. The number of hydrogen-bond acceptors (Lipinski definition) is 4. The summed E-state index contributed by atoms with van der Waals surface area (Å²) in [5.41, 5.74) is 1.28. The minimum absolute atomic E-state index is 0.0396. The molecule has 3 aliphatic rings. The number of fused-ring (bicyclic) bond motifs is 4. The van der Waals surface area contributed by atoms with Gasteiger partial charge in [0.1, 0.15) is 11.5 Å². The fraction of sp³-hybridized carbons (Fsp3) is 0.400. The molecule has 7 heteroatoms. The van der Waals surface area contributed by atoms with E-state index in [9.17, 15) is 14.0 Å². The predicted molar refractivity (Wildman–Crippen MR) is 96.6 cm³/mol. The molecule has 5 rings (SSSR count). The number of halogens is 1. The fourth-order valence-electron chi connectivity index (χ4n) is 4.01. The first-order valence-electron chi connectivity index (χ1n) is 9.15. The van der Waals surface area contributed by atoms with Crippen LogP contribution in [0.15, 0.2) is 36.8 Å². The van der Waals surface area contributed by atoms with Crippen LogP contribution in [0.5, 0.6) is 0 Å². The fourth-order valence-corrected chi connectivity index (χ4v) is 4.01. The summed E-state index contributed by atoms with van der Waals surface area (Å²) in [6.45, 7) is 3.36. The topological polar surface area (TPSA) is 66.4 Å². The molecule has 3 fully saturated rings.